The predicted molar refractivity (Wildman–Crippen MR) is 70.0 cm³/mol. The van der Waals surface area contributed by atoms with E-state index in [2.05, 4.69) is 11.4 Å². The highest BCUT2D eigenvalue weighted by Crippen LogP contribution is 2.23. The molecule has 2 aromatic carbocycles. The zero-order chi connectivity index (χ0) is 13.0. The predicted octanol–water partition coefficient (Wildman–Crippen LogP) is 2.58. The van der Waals surface area contributed by atoms with Crippen LogP contribution in [0.5, 0.6) is 0 Å². The Labute approximate surface area is 106 Å². The average molecular weight is 236 g/mol. The van der Waals surface area contributed by atoms with Gasteiger partial charge in [0.05, 0.1) is 11.6 Å². The lowest BCUT2D eigenvalue weighted by Crippen LogP contribution is -2.18. The van der Waals surface area contributed by atoms with Crippen LogP contribution in [-0.2, 0) is 0 Å². The van der Waals surface area contributed by atoms with Crippen molar-refractivity contribution in [2.24, 2.45) is 0 Å². The number of hydrogen-bond donors (Lipinski definition) is 1. The molecule has 1 N–H and O–H groups in total. The van der Waals surface area contributed by atoms with Crippen molar-refractivity contribution in [1.29, 1.82) is 5.26 Å². The summed E-state index contributed by atoms with van der Waals surface area (Å²) in [6.45, 7) is 0. The van der Waals surface area contributed by atoms with Gasteiger partial charge in [0.25, 0.3) is 5.91 Å². The van der Waals surface area contributed by atoms with Crippen molar-refractivity contribution >= 4 is 5.91 Å². The number of rotatable bonds is 2. The number of benzene rings is 2. The molecule has 2 rings (SSSR count). The molecule has 0 aliphatic heterocycles. The van der Waals surface area contributed by atoms with Crippen molar-refractivity contribution in [3.8, 4) is 17.2 Å². The maximum atomic E-state index is 11.8. The van der Waals surface area contributed by atoms with E-state index in [9.17, 15) is 4.79 Å². The lowest BCUT2D eigenvalue weighted by molar-refractivity contribution is 0.0963. The van der Waals surface area contributed by atoms with Gasteiger partial charge in [-0.15, -0.1) is 0 Å². The molecular weight excluding hydrogens is 224 g/mol. The Morgan fingerprint density at radius 3 is 2.39 bits per heavy atom. The van der Waals surface area contributed by atoms with Crippen LogP contribution < -0.4 is 5.32 Å². The van der Waals surface area contributed by atoms with Crippen LogP contribution in [0.25, 0.3) is 11.1 Å². The van der Waals surface area contributed by atoms with Gasteiger partial charge in [0.15, 0.2) is 0 Å². The molecule has 0 aromatic heterocycles. The van der Waals surface area contributed by atoms with Crippen LogP contribution in [0.15, 0.2) is 48.5 Å². The van der Waals surface area contributed by atoms with Crippen molar-refractivity contribution in [3.63, 3.8) is 0 Å². The molecule has 88 valence electrons. The Balaban J connectivity index is 2.50. The first kappa shape index (κ1) is 11.9. The summed E-state index contributed by atoms with van der Waals surface area (Å²) in [7, 11) is 1.61. The quantitative estimate of drug-likeness (QED) is 0.871. The van der Waals surface area contributed by atoms with Crippen molar-refractivity contribution in [3.05, 3.63) is 59.7 Å². The summed E-state index contributed by atoms with van der Waals surface area (Å²) in [4.78, 5) is 11.8. The second-order valence-corrected chi connectivity index (χ2v) is 3.81. The number of carbonyl (C=O) groups excluding carboxylic acids is 1. The van der Waals surface area contributed by atoms with E-state index in [-0.39, 0.29) is 5.91 Å². The smallest absolute Gasteiger partial charge is 0.251 e. The van der Waals surface area contributed by atoms with Gasteiger partial charge in [-0.05, 0) is 29.3 Å². The van der Waals surface area contributed by atoms with Gasteiger partial charge in [-0.3, -0.25) is 4.79 Å². The lowest BCUT2D eigenvalue weighted by atomic mass is 9.98. The topological polar surface area (TPSA) is 52.9 Å². The van der Waals surface area contributed by atoms with Crippen molar-refractivity contribution in [2.45, 2.75) is 0 Å². The lowest BCUT2D eigenvalue weighted by Gasteiger charge is -2.08. The molecule has 0 fully saturated rings. The molecule has 0 heterocycles. The van der Waals surface area contributed by atoms with Crippen LogP contribution in [0.4, 0.5) is 0 Å². The third-order valence-corrected chi connectivity index (χ3v) is 2.72. The molecule has 3 heteroatoms. The van der Waals surface area contributed by atoms with Crippen LogP contribution in [0.2, 0.25) is 0 Å². The number of amides is 1. The fourth-order valence-electron chi connectivity index (χ4n) is 1.79. The molecule has 0 aliphatic carbocycles. The summed E-state index contributed by atoms with van der Waals surface area (Å²) in [5, 5.41) is 11.4. The summed E-state index contributed by atoms with van der Waals surface area (Å²) < 4.78 is 0. The first-order valence-electron chi connectivity index (χ1n) is 5.58. The summed E-state index contributed by atoms with van der Waals surface area (Å²) in [5.41, 5.74) is 3.02. The van der Waals surface area contributed by atoms with Gasteiger partial charge in [-0.2, -0.15) is 5.26 Å². The van der Waals surface area contributed by atoms with E-state index in [4.69, 9.17) is 5.26 Å². The van der Waals surface area contributed by atoms with Crippen LogP contribution in [0.3, 0.4) is 0 Å². The van der Waals surface area contributed by atoms with E-state index in [1.165, 1.54) is 0 Å². The van der Waals surface area contributed by atoms with Crippen molar-refractivity contribution in [2.75, 3.05) is 7.05 Å². The number of nitrogens with zero attached hydrogens (tertiary/aromatic N) is 1. The standard InChI is InChI=1S/C15H12N2O/c1-17-15(18)14-5-3-2-4-13(14)12-8-6-11(10-16)7-9-12/h2-9H,1H3,(H,17,18). The largest absolute Gasteiger partial charge is 0.355 e. The fourth-order valence-corrected chi connectivity index (χ4v) is 1.79. The van der Waals surface area contributed by atoms with Crippen LogP contribution in [-0.4, -0.2) is 13.0 Å². The maximum absolute atomic E-state index is 11.8. The molecule has 0 spiro atoms. The van der Waals surface area contributed by atoms with E-state index in [1.54, 1.807) is 25.2 Å². The van der Waals surface area contributed by atoms with Gasteiger partial charge in [-0.25, -0.2) is 0 Å². The molecule has 18 heavy (non-hydrogen) atoms. The van der Waals surface area contributed by atoms with Crippen molar-refractivity contribution < 1.29 is 4.79 Å². The molecule has 0 atom stereocenters. The third-order valence-electron chi connectivity index (χ3n) is 2.72. The van der Waals surface area contributed by atoms with E-state index in [0.717, 1.165) is 11.1 Å². The molecule has 0 unspecified atom stereocenters. The molecule has 0 radical (unpaired) electrons. The van der Waals surface area contributed by atoms with Gasteiger partial charge in [0.2, 0.25) is 0 Å². The molecule has 0 saturated heterocycles. The SMILES string of the molecule is CNC(=O)c1ccccc1-c1ccc(C#N)cc1. The second-order valence-electron chi connectivity index (χ2n) is 3.81. The van der Waals surface area contributed by atoms with Crippen molar-refractivity contribution in [1.82, 2.24) is 5.32 Å². The van der Waals surface area contributed by atoms with Gasteiger partial charge in [0, 0.05) is 12.6 Å². The van der Waals surface area contributed by atoms with Gasteiger partial charge in [0.1, 0.15) is 0 Å². The average Bonchev–Trinajstić information content (AvgIpc) is 2.46. The molecule has 1 amide bonds. The number of nitriles is 1. The minimum atomic E-state index is -0.116. The Morgan fingerprint density at radius 2 is 1.78 bits per heavy atom. The van der Waals surface area contributed by atoms with Gasteiger partial charge >= 0.3 is 0 Å². The molecular formula is C15H12N2O. The number of nitrogens with one attached hydrogen (secondary N) is 1. The molecule has 0 bridgehead atoms. The fraction of sp³-hybridized carbons (Fsp3) is 0.0667. The number of hydrogen-bond acceptors (Lipinski definition) is 2. The number of carbonyl (C=O) groups is 1. The molecule has 0 saturated carbocycles. The monoisotopic (exact) mass is 236 g/mol. The molecule has 2 aromatic rings. The van der Waals surface area contributed by atoms with E-state index in [1.807, 2.05) is 30.3 Å². The van der Waals surface area contributed by atoms with Crippen LogP contribution in [0, 0.1) is 11.3 Å². The normalized spacial score (nSPS) is 9.56. The highest BCUT2D eigenvalue weighted by atomic mass is 16.1. The molecule has 3 nitrogen and oxygen atoms in total. The second kappa shape index (κ2) is 5.15. The summed E-state index contributed by atoms with van der Waals surface area (Å²) in [6.07, 6.45) is 0. The van der Waals surface area contributed by atoms with Gasteiger partial charge < -0.3 is 5.32 Å². The Bertz CT molecular complexity index is 609. The Hall–Kier alpha value is -2.60. The van der Waals surface area contributed by atoms with Gasteiger partial charge in [-0.1, -0.05) is 30.3 Å². The summed E-state index contributed by atoms with van der Waals surface area (Å²) >= 11 is 0. The Morgan fingerprint density at radius 1 is 1.11 bits per heavy atom. The maximum Gasteiger partial charge on any atom is 0.251 e. The first-order chi connectivity index (χ1) is 8.76. The van der Waals surface area contributed by atoms with E-state index in [0.29, 0.717) is 11.1 Å². The zero-order valence-electron chi connectivity index (χ0n) is 9.97. The minimum absolute atomic E-state index is 0.116. The Kier molecular flexibility index (Phi) is 3.40. The van der Waals surface area contributed by atoms with Crippen LogP contribution in [0.1, 0.15) is 15.9 Å². The summed E-state index contributed by atoms with van der Waals surface area (Å²) in [5.74, 6) is -0.116. The van der Waals surface area contributed by atoms with E-state index >= 15 is 0 Å². The highest BCUT2D eigenvalue weighted by molar-refractivity contribution is 6.00. The third kappa shape index (κ3) is 2.23. The van der Waals surface area contributed by atoms with E-state index < -0.39 is 0 Å². The minimum Gasteiger partial charge on any atom is -0.355 e. The summed E-state index contributed by atoms with van der Waals surface area (Å²) in [6, 6.07) is 16.7. The van der Waals surface area contributed by atoms with Crippen LogP contribution >= 0.6 is 0 Å². The first-order valence-corrected chi connectivity index (χ1v) is 5.58. The zero-order valence-corrected chi connectivity index (χ0v) is 9.97. The molecule has 0 aliphatic rings. The highest BCUT2D eigenvalue weighted by Gasteiger charge is 2.10.